The number of piperazine rings is 1. The normalized spacial score (nSPS) is 16.0. The smallest absolute Gasteiger partial charge is 0.253 e. The van der Waals surface area contributed by atoms with Crippen LogP contribution < -0.4 is 5.32 Å². The zero-order valence-electron chi connectivity index (χ0n) is 11.4. The Bertz CT molecular complexity index is 482. The summed E-state index contributed by atoms with van der Waals surface area (Å²) in [6.45, 7) is 3.30. The molecule has 1 aliphatic heterocycles. The first-order valence-corrected chi connectivity index (χ1v) is 7.07. The number of nitrogens with one attached hydrogen (secondary N) is 1. The van der Waals surface area contributed by atoms with Gasteiger partial charge in [-0.2, -0.15) is 0 Å². The summed E-state index contributed by atoms with van der Waals surface area (Å²) in [5, 5.41) is 2.64. The maximum atomic E-state index is 12.3. The minimum atomic E-state index is -0.259. The van der Waals surface area contributed by atoms with Crippen molar-refractivity contribution in [3.63, 3.8) is 0 Å². The number of benzene rings is 1. The highest BCUT2D eigenvalue weighted by atomic mass is 35.5. The van der Waals surface area contributed by atoms with Crippen LogP contribution in [-0.4, -0.2) is 60.7 Å². The SMILES string of the molecule is CN1CCN(C(=O)c2ccc(NC(=O)CCl)cc2)CC1. The van der Waals surface area contributed by atoms with E-state index < -0.39 is 0 Å². The number of alkyl halides is 1. The van der Waals surface area contributed by atoms with E-state index >= 15 is 0 Å². The van der Waals surface area contributed by atoms with Gasteiger partial charge >= 0.3 is 0 Å². The second kappa shape index (κ2) is 6.72. The van der Waals surface area contributed by atoms with E-state index in [-0.39, 0.29) is 17.7 Å². The van der Waals surface area contributed by atoms with Crippen LogP contribution in [0.3, 0.4) is 0 Å². The lowest BCUT2D eigenvalue weighted by atomic mass is 10.1. The van der Waals surface area contributed by atoms with E-state index in [9.17, 15) is 9.59 Å². The van der Waals surface area contributed by atoms with Gasteiger partial charge < -0.3 is 15.1 Å². The molecule has 1 aromatic carbocycles. The monoisotopic (exact) mass is 295 g/mol. The van der Waals surface area contributed by atoms with Gasteiger partial charge in [-0.15, -0.1) is 11.6 Å². The number of likely N-dealkylation sites (N-methyl/N-ethyl adjacent to an activating group) is 1. The largest absolute Gasteiger partial charge is 0.336 e. The molecule has 0 saturated carbocycles. The van der Waals surface area contributed by atoms with Crippen molar-refractivity contribution in [2.24, 2.45) is 0 Å². The van der Waals surface area contributed by atoms with E-state index in [0.29, 0.717) is 11.3 Å². The Morgan fingerprint density at radius 1 is 1.15 bits per heavy atom. The van der Waals surface area contributed by atoms with Gasteiger partial charge in [0.15, 0.2) is 0 Å². The Morgan fingerprint density at radius 2 is 1.75 bits per heavy atom. The number of anilines is 1. The molecule has 0 unspecified atom stereocenters. The lowest BCUT2D eigenvalue weighted by molar-refractivity contribution is -0.113. The summed E-state index contributed by atoms with van der Waals surface area (Å²) in [5.41, 5.74) is 1.28. The van der Waals surface area contributed by atoms with E-state index in [1.165, 1.54) is 0 Å². The van der Waals surface area contributed by atoms with Crippen molar-refractivity contribution < 1.29 is 9.59 Å². The zero-order valence-corrected chi connectivity index (χ0v) is 12.2. The van der Waals surface area contributed by atoms with E-state index in [1.807, 2.05) is 4.90 Å². The minimum absolute atomic E-state index is 0.0355. The van der Waals surface area contributed by atoms with Crippen molar-refractivity contribution >= 4 is 29.1 Å². The van der Waals surface area contributed by atoms with Crippen LogP contribution >= 0.6 is 11.6 Å². The molecule has 1 saturated heterocycles. The first kappa shape index (κ1) is 14.8. The first-order valence-electron chi connectivity index (χ1n) is 6.54. The molecule has 2 rings (SSSR count). The van der Waals surface area contributed by atoms with Gasteiger partial charge in [0.05, 0.1) is 0 Å². The van der Waals surface area contributed by atoms with Crippen LogP contribution in [0.15, 0.2) is 24.3 Å². The number of amides is 2. The molecule has 1 aliphatic rings. The summed E-state index contributed by atoms with van der Waals surface area (Å²) >= 11 is 5.42. The number of rotatable bonds is 3. The molecular weight excluding hydrogens is 278 g/mol. The molecule has 6 heteroatoms. The lowest BCUT2D eigenvalue weighted by Crippen LogP contribution is -2.47. The summed E-state index contributed by atoms with van der Waals surface area (Å²) in [7, 11) is 2.05. The molecule has 0 atom stereocenters. The van der Waals surface area contributed by atoms with Gasteiger partial charge in [0.1, 0.15) is 5.88 Å². The molecule has 1 aromatic rings. The van der Waals surface area contributed by atoms with E-state index in [4.69, 9.17) is 11.6 Å². The summed E-state index contributed by atoms with van der Waals surface area (Å²) in [4.78, 5) is 27.5. The van der Waals surface area contributed by atoms with Crippen LogP contribution in [0.5, 0.6) is 0 Å². The number of hydrogen-bond acceptors (Lipinski definition) is 3. The van der Waals surface area contributed by atoms with Crippen molar-refractivity contribution in [1.82, 2.24) is 9.80 Å². The average molecular weight is 296 g/mol. The average Bonchev–Trinajstić information content (AvgIpc) is 2.48. The Labute approximate surface area is 123 Å². The van der Waals surface area contributed by atoms with E-state index in [1.54, 1.807) is 24.3 Å². The maximum absolute atomic E-state index is 12.3. The summed E-state index contributed by atoms with van der Waals surface area (Å²) in [6, 6.07) is 6.89. The van der Waals surface area contributed by atoms with Gasteiger partial charge in [0.25, 0.3) is 5.91 Å². The van der Waals surface area contributed by atoms with Crippen molar-refractivity contribution in [1.29, 1.82) is 0 Å². The molecule has 108 valence electrons. The Kier molecular flexibility index (Phi) is 4.98. The molecule has 0 spiro atoms. The fourth-order valence-corrected chi connectivity index (χ4v) is 2.15. The third-order valence-electron chi connectivity index (χ3n) is 3.33. The molecule has 0 aromatic heterocycles. The van der Waals surface area contributed by atoms with Crippen LogP contribution in [0.2, 0.25) is 0 Å². The highest BCUT2D eigenvalue weighted by Crippen LogP contribution is 2.13. The van der Waals surface area contributed by atoms with Gasteiger partial charge in [-0.25, -0.2) is 0 Å². The first-order chi connectivity index (χ1) is 9.60. The molecule has 1 fully saturated rings. The zero-order chi connectivity index (χ0) is 14.5. The van der Waals surface area contributed by atoms with Crippen LogP contribution in [0.4, 0.5) is 5.69 Å². The standard InChI is InChI=1S/C14H18ClN3O2/c1-17-6-8-18(9-7-17)14(20)11-2-4-12(5-3-11)16-13(19)10-15/h2-5H,6-10H2,1H3,(H,16,19). The molecule has 0 bridgehead atoms. The molecule has 1 heterocycles. The van der Waals surface area contributed by atoms with E-state index in [2.05, 4.69) is 17.3 Å². The number of hydrogen-bond donors (Lipinski definition) is 1. The highest BCUT2D eigenvalue weighted by Gasteiger charge is 2.20. The molecule has 20 heavy (non-hydrogen) atoms. The highest BCUT2D eigenvalue weighted by molar-refractivity contribution is 6.29. The number of carbonyl (C=O) groups is 2. The Hall–Kier alpha value is -1.59. The van der Waals surface area contributed by atoms with E-state index in [0.717, 1.165) is 26.2 Å². The fraction of sp³-hybridized carbons (Fsp3) is 0.429. The van der Waals surface area contributed by atoms with Crippen LogP contribution in [0.25, 0.3) is 0 Å². The van der Waals surface area contributed by atoms with Gasteiger partial charge in [-0.3, -0.25) is 9.59 Å². The quantitative estimate of drug-likeness (QED) is 0.854. The second-order valence-electron chi connectivity index (χ2n) is 4.85. The third kappa shape index (κ3) is 3.71. The second-order valence-corrected chi connectivity index (χ2v) is 5.12. The van der Waals surface area contributed by atoms with Crippen molar-refractivity contribution in [3.05, 3.63) is 29.8 Å². The molecule has 2 amide bonds. The Morgan fingerprint density at radius 3 is 2.30 bits per heavy atom. The van der Waals surface area contributed by atoms with Gasteiger partial charge in [0.2, 0.25) is 5.91 Å². The molecule has 5 nitrogen and oxygen atoms in total. The van der Waals surface area contributed by atoms with Crippen LogP contribution in [0.1, 0.15) is 10.4 Å². The summed E-state index contributed by atoms with van der Waals surface area (Å²) < 4.78 is 0. The molecule has 0 radical (unpaired) electrons. The number of nitrogens with zero attached hydrogens (tertiary/aromatic N) is 2. The maximum Gasteiger partial charge on any atom is 0.253 e. The Balaban J connectivity index is 1.98. The van der Waals surface area contributed by atoms with Crippen molar-refractivity contribution in [2.45, 2.75) is 0 Å². The van der Waals surface area contributed by atoms with Gasteiger partial charge in [-0.1, -0.05) is 0 Å². The van der Waals surface area contributed by atoms with Crippen molar-refractivity contribution in [2.75, 3.05) is 44.4 Å². The van der Waals surface area contributed by atoms with Crippen LogP contribution in [-0.2, 0) is 4.79 Å². The predicted octanol–water partition coefficient (Wildman–Crippen LogP) is 1.25. The number of carbonyl (C=O) groups excluding carboxylic acids is 2. The molecule has 0 aliphatic carbocycles. The van der Waals surface area contributed by atoms with Crippen LogP contribution in [0, 0.1) is 0 Å². The minimum Gasteiger partial charge on any atom is -0.336 e. The fourth-order valence-electron chi connectivity index (χ4n) is 2.08. The molecule has 1 N–H and O–H groups in total. The van der Waals surface area contributed by atoms with Gasteiger partial charge in [-0.05, 0) is 31.3 Å². The third-order valence-corrected chi connectivity index (χ3v) is 3.57. The molecular formula is C14H18ClN3O2. The predicted molar refractivity (Wildman–Crippen MR) is 79.2 cm³/mol. The van der Waals surface area contributed by atoms with Crippen molar-refractivity contribution in [3.8, 4) is 0 Å². The lowest BCUT2D eigenvalue weighted by Gasteiger charge is -2.32. The topological polar surface area (TPSA) is 52.6 Å². The van der Waals surface area contributed by atoms with Gasteiger partial charge in [0, 0.05) is 37.4 Å². The summed E-state index contributed by atoms with van der Waals surface area (Å²) in [6.07, 6.45) is 0. The summed E-state index contributed by atoms with van der Waals surface area (Å²) in [5.74, 6) is -0.305. The number of halogens is 1.